The second-order valence-electron chi connectivity index (χ2n) is 6.74. The molecule has 4 nitrogen and oxygen atoms in total. The molecule has 0 amide bonds. The number of pyridine rings is 1. The molecule has 134 valence electrons. The smallest absolute Gasteiger partial charge is 0.255 e. The Balaban J connectivity index is 1.37. The molecule has 3 aromatic rings. The van der Waals surface area contributed by atoms with Crippen LogP contribution in [0.2, 0.25) is 5.02 Å². The quantitative estimate of drug-likeness (QED) is 0.749. The van der Waals surface area contributed by atoms with Crippen molar-refractivity contribution in [3.8, 4) is 5.75 Å². The van der Waals surface area contributed by atoms with E-state index in [-0.39, 0.29) is 11.7 Å². The average molecular weight is 369 g/mol. The predicted molar refractivity (Wildman–Crippen MR) is 105 cm³/mol. The summed E-state index contributed by atoms with van der Waals surface area (Å²) in [5.74, 6) is 0.827. The molecule has 1 aliphatic heterocycles. The lowest BCUT2D eigenvalue weighted by atomic mass is 10.1. The number of ether oxygens (including phenoxy) is 1. The standard InChI is InChI=1S/C21H21ClN2O2/c22-20-4-2-1-3-16(20)14-24-11-8-17(9-12-24)26-18-5-6-19-15(13-18)7-10-23-21(19)25/h1-7,10,13,17H,8-9,11-12,14H2,(H,23,25). The van der Waals surface area contributed by atoms with E-state index in [2.05, 4.69) is 16.0 Å². The largest absolute Gasteiger partial charge is 0.490 e. The molecule has 0 bridgehead atoms. The van der Waals surface area contributed by atoms with Crippen LogP contribution in [0.4, 0.5) is 0 Å². The molecule has 0 radical (unpaired) electrons. The Morgan fingerprint density at radius 1 is 1.12 bits per heavy atom. The van der Waals surface area contributed by atoms with Gasteiger partial charge in [0.1, 0.15) is 11.9 Å². The van der Waals surface area contributed by atoms with Gasteiger partial charge in [-0.25, -0.2) is 0 Å². The molecule has 1 saturated heterocycles. The van der Waals surface area contributed by atoms with Crippen molar-refractivity contribution in [2.24, 2.45) is 0 Å². The van der Waals surface area contributed by atoms with E-state index in [1.165, 1.54) is 5.56 Å². The van der Waals surface area contributed by atoms with E-state index < -0.39 is 0 Å². The molecular weight excluding hydrogens is 348 g/mol. The van der Waals surface area contributed by atoms with Crippen molar-refractivity contribution >= 4 is 22.4 Å². The van der Waals surface area contributed by atoms with Gasteiger partial charge in [0.05, 0.1) is 0 Å². The summed E-state index contributed by atoms with van der Waals surface area (Å²) in [6.07, 6.45) is 3.84. The van der Waals surface area contributed by atoms with Crippen molar-refractivity contribution in [3.05, 3.63) is 75.7 Å². The summed E-state index contributed by atoms with van der Waals surface area (Å²) in [6, 6.07) is 15.6. The Bertz CT molecular complexity index is 961. The van der Waals surface area contributed by atoms with Crippen molar-refractivity contribution in [1.82, 2.24) is 9.88 Å². The Hall–Kier alpha value is -2.30. The normalized spacial score (nSPS) is 16.0. The van der Waals surface area contributed by atoms with Crippen LogP contribution in [-0.4, -0.2) is 29.1 Å². The Morgan fingerprint density at radius 2 is 1.92 bits per heavy atom. The van der Waals surface area contributed by atoms with E-state index >= 15 is 0 Å². The summed E-state index contributed by atoms with van der Waals surface area (Å²) >= 11 is 6.26. The molecule has 1 aliphatic rings. The maximum Gasteiger partial charge on any atom is 0.255 e. The molecule has 0 spiro atoms. The van der Waals surface area contributed by atoms with Gasteiger partial charge < -0.3 is 9.72 Å². The van der Waals surface area contributed by atoms with Crippen LogP contribution in [0.25, 0.3) is 10.8 Å². The molecule has 1 aromatic heterocycles. The zero-order valence-electron chi connectivity index (χ0n) is 14.5. The zero-order valence-corrected chi connectivity index (χ0v) is 15.2. The van der Waals surface area contributed by atoms with Crippen molar-refractivity contribution in [2.75, 3.05) is 13.1 Å². The Morgan fingerprint density at radius 3 is 2.73 bits per heavy atom. The van der Waals surface area contributed by atoms with Crippen molar-refractivity contribution in [2.45, 2.75) is 25.5 Å². The average Bonchev–Trinajstić information content (AvgIpc) is 2.65. The number of hydrogen-bond acceptors (Lipinski definition) is 3. The third-order valence-electron chi connectivity index (χ3n) is 4.93. The second-order valence-corrected chi connectivity index (χ2v) is 7.15. The highest BCUT2D eigenvalue weighted by molar-refractivity contribution is 6.31. The molecule has 1 N–H and O–H groups in total. The summed E-state index contributed by atoms with van der Waals surface area (Å²) in [6.45, 7) is 2.86. The zero-order chi connectivity index (χ0) is 17.9. The lowest BCUT2D eigenvalue weighted by Gasteiger charge is -2.32. The number of piperidine rings is 1. The number of hydrogen-bond donors (Lipinski definition) is 1. The number of likely N-dealkylation sites (tertiary alicyclic amines) is 1. The van der Waals surface area contributed by atoms with Crippen molar-refractivity contribution in [1.29, 1.82) is 0 Å². The van der Waals surface area contributed by atoms with Crippen LogP contribution in [0.1, 0.15) is 18.4 Å². The van der Waals surface area contributed by atoms with E-state index in [1.807, 2.05) is 42.5 Å². The lowest BCUT2D eigenvalue weighted by Crippen LogP contribution is -2.37. The fourth-order valence-corrected chi connectivity index (χ4v) is 3.68. The number of H-pyrrole nitrogens is 1. The van der Waals surface area contributed by atoms with Crippen LogP contribution >= 0.6 is 11.6 Å². The number of nitrogens with one attached hydrogen (secondary N) is 1. The first-order valence-corrected chi connectivity index (χ1v) is 9.31. The maximum absolute atomic E-state index is 11.8. The van der Waals surface area contributed by atoms with Crippen molar-refractivity contribution in [3.63, 3.8) is 0 Å². The van der Waals surface area contributed by atoms with Crippen LogP contribution in [-0.2, 0) is 6.54 Å². The molecule has 0 aliphatic carbocycles. The highest BCUT2D eigenvalue weighted by Gasteiger charge is 2.21. The molecule has 26 heavy (non-hydrogen) atoms. The van der Waals surface area contributed by atoms with Crippen molar-refractivity contribution < 1.29 is 4.74 Å². The number of rotatable bonds is 4. The fraction of sp³-hybridized carbons (Fsp3) is 0.286. The van der Waals surface area contributed by atoms with Gasteiger partial charge in [-0.15, -0.1) is 0 Å². The van der Waals surface area contributed by atoms with E-state index in [9.17, 15) is 4.79 Å². The molecule has 0 unspecified atom stereocenters. The minimum atomic E-state index is -0.0677. The number of nitrogens with zero attached hydrogens (tertiary/aromatic N) is 1. The number of halogens is 1. The number of benzene rings is 2. The first kappa shape index (κ1) is 17.1. The molecule has 2 heterocycles. The summed E-state index contributed by atoms with van der Waals surface area (Å²) in [5.41, 5.74) is 1.11. The van der Waals surface area contributed by atoms with Gasteiger partial charge in [-0.1, -0.05) is 29.8 Å². The molecular formula is C21H21ClN2O2. The summed E-state index contributed by atoms with van der Waals surface area (Å²) in [4.78, 5) is 16.9. The Kier molecular flexibility index (Phi) is 4.96. The second kappa shape index (κ2) is 7.52. The van der Waals surface area contributed by atoms with E-state index in [0.717, 1.165) is 48.6 Å². The third-order valence-corrected chi connectivity index (χ3v) is 5.30. The van der Waals surface area contributed by atoms with Gasteiger partial charge >= 0.3 is 0 Å². The third kappa shape index (κ3) is 3.76. The molecule has 4 rings (SSSR count). The minimum absolute atomic E-state index is 0.0677. The molecule has 0 atom stereocenters. The number of aromatic nitrogens is 1. The number of aromatic amines is 1. The topological polar surface area (TPSA) is 45.3 Å². The van der Waals surface area contributed by atoms with Crippen LogP contribution in [0.15, 0.2) is 59.5 Å². The molecule has 0 saturated carbocycles. The monoisotopic (exact) mass is 368 g/mol. The Labute approximate surface area is 157 Å². The lowest BCUT2D eigenvalue weighted by molar-refractivity contribution is 0.0969. The predicted octanol–water partition coefficient (Wildman–Crippen LogP) is 4.22. The SMILES string of the molecule is O=c1[nH]ccc2cc(OC3CCN(Cc4ccccc4Cl)CC3)ccc12. The van der Waals surface area contributed by atoms with E-state index in [4.69, 9.17) is 16.3 Å². The maximum atomic E-state index is 11.8. The van der Waals surface area contributed by atoms with Crippen LogP contribution in [0.3, 0.4) is 0 Å². The van der Waals surface area contributed by atoms with Gasteiger partial charge in [-0.2, -0.15) is 0 Å². The minimum Gasteiger partial charge on any atom is -0.490 e. The first-order valence-electron chi connectivity index (χ1n) is 8.93. The molecule has 5 heteroatoms. The molecule has 2 aromatic carbocycles. The van der Waals surface area contributed by atoms with Gasteiger partial charge in [0.15, 0.2) is 0 Å². The van der Waals surface area contributed by atoms with Gasteiger partial charge in [-0.3, -0.25) is 9.69 Å². The fourth-order valence-electron chi connectivity index (χ4n) is 3.49. The summed E-state index contributed by atoms with van der Waals surface area (Å²) < 4.78 is 6.16. The summed E-state index contributed by atoms with van der Waals surface area (Å²) in [5, 5.41) is 2.42. The van der Waals surface area contributed by atoms with Crippen LogP contribution in [0.5, 0.6) is 5.75 Å². The molecule has 1 fully saturated rings. The van der Waals surface area contributed by atoms with Gasteiger partial charge in [0.2, 0.25) is 0 Å². The van der Waals surface area contributed by atoms with E-state index in [1.54, 1.807) is 6.20 Å². The van der Waals surface area contributed by atoms with E-state index in [0.29, 0.717) is 5.39 Å². The van der Waals surface area contributed by atoms with Gasteiger partial charge in [0, 0.05) is 36.2 Å². The highest BCUT2D eigenvalue weighted by Crippen LogP contribution is 2.24. The summed E-state index contributed by atoms with van der Waals surface area (Å²) in [7, 11) is 0. The highest BCUT2D eigenvalue weighted by atomic mass is 35.5. The van der Waals surface area contributed by atoms with Crippen LogP contribution in [0, 0.1) is 0 Å². The van der Waals surface area contributed by atoms with Crippen LogP contribution < -0.4 is 10.3 Å². The first-order chi connectivity index (χ1) is 12.7. The number of fused-ring (bicyclic) bond motifs is 1. The van der Waals surface area contributed by atoms with Gasteiger partial charge in [-0.05, 0) is 54.1 Å². The van der Waals surface area contributed by atoms with Gasteiger partial charge in [0.25, 0.3) is 5.56 Å².